The second-order valence-corrected chi connectivity index (χ2v) is 5.01. The van der Waals surface area contributed by atoms with Gasteiger partial charge in [-0.3, -0.25) is 5.84 Å². The third-order valence-corrected chi connectivity index (χ3v) is 2.69. The number of carbonyl (C=O) groups is 2. The van der Waals surface area contributed by atoms with Crippen LogP contribution in [0.4, 0.5) is 0 Å². The van der Waals surface area contributed by atoms with Gasteiger partial charge in [0.05, 0.1) is 0 Å². The molecule has 0 aliphatic rings. The molecule has 0 heterocycles. The van der Waals surface area contributed by atoms with E-state index in [1.54, 1.807) is 31.3 Å². The Morgan fingerprint density at radius 2 is 1.75 bits per heavy atom. The molecule has 0 bridgehead atoms. The van der Waals surface area contributed by atoms with Crippen LogP contribution in [0.25, 0.3) is 0 Å². The van der Waals surface area contributed by atoms with Crippen LogP contribution >= 0.6 is 11.6 Å². The molecule has 4 N–H and O–H groups in total. The van der Waals surface area contributed by atoms with Crippen LogP contribution in [0.3, 0.4) is 0 Å². The number of rotatable bonds is 8. The van der Waals surface area contributed by atoms with Crippen molar-refractivity contribution in [2.45, 2.75) is 6.10 Å². The summed E-state index contributed by atoms with van der Waals surface area (Å²) >= 11 is 5.77. The molecule has 0 amide bonds. The molecule has 0 saturated carbocycles. The lowest BCUT2D eigenvalue weighted by molar-refractivity contribution is -0.134. The summed E-state index contributed by atoms with van der Waals surface area (Å²) in [5.41, 5.74) is 0. The second kappa shape index (κ2) is 12.3. The van der Waals surface area contributed by atoms with Gasteiger partial charge < -0.3 is 19.7 Å². The number of methoxy groups -OCH3 is 1. The maximum atomic E-state index is 9.55. The van der Waals surface area contributed by atoms with Gasteiger partial charge in [-0.05, 0) is 24.3 Å². The fraction of sp³-hybridized carbons (Fsp3) is 0.333. The zero-order valence-electron chi connectivity index (χ0n) is 13.4. The number of hydrogen-bond acceptors (Lipinski definition) is 6. The van der Waals surface area contributed by atoms with E-state index in [0.717, 1.165) is 5.75 Å². The van der Waals surface area contributed by atoms with Crippen molar-refractivity contribution in [1.82, 2.24) is 5.01 Å². The third-order valence-electron chi connectivity index (χ3n) is 2.44. The maximum absolute atomic E-state index is 9.55. The summed E-state index contributed by atoms with van der Waals surface area (Å²) in [6.45, 7) is 1.07. The fourth-order valence-corrected chi connectivity index (χ4v) is 1.51. The quantitative estimate of drug-likeness (QED) is 0.359. The zero-order valence-corrected chi connectivity index (χ0v) is 14.1. The molecule has 1 rings (SSSR count). The summed E-state index contributed by atoms with van der Waals surface area (Å²) in [6, 6.07) is 7.21. The number of hydrogen-bond donors (Lipinski definition) is 3. The Bertz CT molecular complexity index is 517. The van der Waals surface area contributed by atoms with E-state index in [1.165, 1.54) is 0 Å². The maximum Gasteiger partial charge on any atom is 0.328 e. The van der Waals surface area contributed by atoms with Crippen LogP contribution in [0.1, 0.15) is 0 Å². The van der Waals surface area contributed by atoms with Gasteiger partial charge >= 0.3 is 11.9 Å². The Kier molecular flexibility index (Phi) is 11.2. The Hall–Kier alpha value is -2.13. The molecular formula is C15H21ClN2O6. The average molecular weight is 361 g/mol. The molecule has 134 valence electrons. The van der Waals surface area contributed by atoms with Gasteiger partial charge in [-0.2, -0.15) is 0 Å². The monoisotopic (exact) mass is 360 g/mol. The first kappa shape index (κ1) is 21.9. The number of hydrazine groups is 1. The minimum absolute atomic E-state index is 0.0503. The van der Waals surface area contributed by atoms with Crippen molar-refractivity contribution in [1.29, 1.82) is 0 Å². The topological polar surface area (TPSA) is 122 Å². The van der Waals surface area contributed by atoms with E-state index in [1.807, 2.05) is 12.1 Å². The first-order chi connectivity index (χ1) is 11.2. The van der Waals surface area contributed by atoms with E-state index >= 15 is 0 Å². The largest absolute Gasteiger partial charge is 0.491 e. The van der Waals surface area contributed by atoms with Crippen LogP contribution in [0, 0.1) is 0 Å². The number of nitrogens with zero attached hydrogens (tertiary/aromatic N) is 1. The number of carboxylic acid groups (broad SMARTS) is 2. The molecule has 1 aromatic carbocycles. The molecule has 0 fully saturated rings. The number of benzene rings is 1. The summed E-state index contributed by atoms with van der Waals surface area (Å²) in [5, 5.41) is 17.9. The van der Waals surface area contributed by atoms with Gasteiger partial charge in [0.2, 0.25) is 0 Å². The summed E-state index contributed by atoms with van der Waals surface area (Å²) in [7, 11) is 3.42. The molecule has 1 atom stereocenters. The summed E-state index contributed by atoms with van der Waals surface area (Å²) in [6.07, 6.45) is 1.07. The van der Waals surface area contributed by atoms with E-state index in [0.29, 0.717) is 30.3 Å². The Morgan fingerprint density at radius 1 is 1.25 bits per heavy atom. The Morgan fingerprint density at radius 3 is 2.12 bits per heavy atom. The van der Waals surface area contributed by atoms with Crippen molar-refractivity contribution in [3.8, 4) is 5.75 Å². The number of nitrogens with two attached hydrogens (primary N) is 1. The predicted octanol–water partition coefficient (Wildman–Crippen LogP) is 1.25. The molecule has 1 aromatic rings. The van der Waals surface area contributed by atoms with Gasteiger partial charge in [-0.15, -0.1) is 0 Å². The van der Waals surface area contributed by atoms with Gasteiger partial charge in [0.15, 0.2) is 0 Å². The lowest BCUT2D eigenvalue weighted by atomic mass is 10.3. The van der Waals surface area contributed by atoms with E-state index in [9.17, 15) is 9.59 Å². The molecule has 0 radical (unpaired) electrons. The summed E-state index contributed by atoms with van der Waals surface area (Å²) in [4.78, 5) is 19.1. The lowest BCUT2D eigenvalue weighted by Gasteiger charge is -2.19. The smallest absolute Gasteiger partial charge is 0.328 e. The van der Waals surface area contributed by atoms with Gasteiger partial charge in [-0.1, -0.05) is 11.6 Å². The zero-order chi connectivity index (χ0) is 18.5. The molecule has 0 spiro atoms. The molecule has 0 aliphatic carbocycles. The van der Waals surface area contributed by atoms with Crippen molar-refractivity contribution in [3.63, 3.8) is 0 Å². The molecule has 0 aromatic heterocycles. The number of ether oxygens (including phenoxy) is 2. The van der Waals surface area contributed by atoms with Gasteiger partial charge in [0.25, 0.3) is 0 Å². The Labute approximate surface area is 145 Å². The normalized spacial score (nSPS) is 11.7. The van der Waals surface area contributed by atoms with Crippen molar-refractivity contribution in [2.24, 2.45) is 5.84 Å². The Balaban J connectivity index is 0.000000561. The molecule has 9 heteroatoms. The molecule has 1 unspecified atom stereocenters. The van der Waals surface area contributed by atoms with E-state index in [-0.39, 0.29) is 6.10 Å². The van der Waals surface area contributed by atoms with Crippen LogP contribution in [0.5, 0.6) is 5.75 Å². The fourth-order valence-electron chi connectivity index (χ4n) is 1.38. The minimum atomic E-state index is -1.26. The van der Waals surface area contributed by atoms with E-state index < -0.39 is 11.9 Å². The van der Waals surface area contributed by atoms with Gasteiger partial charge in [0, 0.05) is 37.9 Å². The van der Waals surface area contributed by atoms with Gasteiger partial charge in [-0.25, -0.2) is 14.6 Å². The number of carboxylic acids is 2. The highest BCUT2D eigenvalue weighted by atomic mass is 35.5. The second-order valence-electron chi connectivity index (χ2n) is 4.57. The predicted molar refractivity (Wildman–Crippen MR) is 89.0 cm³/mol. The van der Waals surface area contributed by atoms with Crippen LogP contribution < -0.4 is 10.6 Å². The summed E-state index contributed by atoms with van der Waals surface area (Å²) < 4.78 is 10.8. The standard InChI is InChI=1S/C11H17ClN2O2.C4H4O4/c1-14(13)7-11(15-2)8-16-10-5-3-9(12)4-6-10;5-3(6)1-2-4(7)8/h3-6,11H,7-8,13H2,1-2H3;1-2H,(H,5,6)(H,7,8)/b;2-1+. The van der Waals surface area contributed by atoms with Crippen molar-refractivity contribution < 1.29 is 29.3 Å². The van der Waals surface area contributed by atoms with Crippen molar-refractivity contribution >= 4 is 23.5 Å². The van der Waals surface area contributed by atoms with Crippen LogP contribution in [-0.4, -0.2) is 60.6 Å². The van der Waals surface area contributed by atoms with Crippen LogP contribution in [0.2, 0.25) is 5.02 Å². The summed E-state index contributed by atoms with van der Waals surface area (Å²) in [5.74, 6) is 3.79. The van der Waals surface area contributed by atoms with Crippen LogP contribution in [-0.2, 0) is 14.3 Å². The van der Waals surface area contributed by atoms with Crippen molar-refractivity contribution in [2.75, 3.05) is 27.3 Å². The van der Waals surface area contributed by atoms with E-state index in [4.69, 9.17) is 37.1 Å². The lowest BCUT2D eigenvalue weighted by Crippen LogP contribution is -2.38. The van der Waals surface area contributed by atoms with E-state index in [2.05, 4.69) is 0 Å². The van der Waals surface area contributed by atoms with Crippen molar-refractivity contribution in [3.05, 3.63) is 41.4 Å². The molecule has 0 aliphatic heterocycles. The molecule has 24 heavy (non-hydrogen) atoms. The molecule has 0 saturated heterocycles. The SMILES string of the molecule is COC(COc1ccc(Cl)cc1)CN(C)N.O=C(O)/C=C/C(=O)O. The third kappa shape index (κ3) is 12.4. The minimum Gasteiger partial charge on any atom is -0.491 e. The highest BCUT2D eigenvalue weighted by molar-refractivity contribution is 6.30. The average Bonchev–Trinajstić information content (AvgIpc) is 2.51. The van der Waals surface area contributed by atoms with Crippen LogP contribution in [0.15, 0.2) is 36.4 Å². The first-order valence-corrected chi connectivity index (χ1v) is 7.13. The first-order valence-electron chi connectivity index (χ1n) is 6.75. The van der Waals surface area contributed by atoms with Gasteiger partial charge in [0.1, 0.15) is 18.5 Å². The highest BCUT2D eigenvalue weighted by Gasteiger charge is 2.09. The number of likely N-dealkylation sites (N-methyl/N-ethyl adjacent to an activating group) is 1. The molecule has 8 nitrogen and oxygen atoms in total. The molecular weight excluding hydrogens is 340 g/mol. The highest BCUT2D eigenvalue weighted by Crippen LogP contribution is 2.15. The number of aliphatic carboxylic acids is 2. The number of halogens is 1.